The first-order valence-corrected chi connectivity index (χ1v) is 9.72. The number of pyridine rings is 1. The Bertz CT molecular complexity index is 862. The maximum absolute atomic E-state index is 13.1. The van der Waals surface area contributed by atoms with E-state index >= 15 is 0 Å². The van der Waals surface area contributed by atoms with Crippen LogP contribution in [-0.4, -0.2) is 58.4 Å². The van der Waals surface area contributed by atoms with Crippen LogP contribution in [0.3, 0.4) is 0 Å². The van der Waals surface area contributed by atoms with Gasteiger partial charge in [-0.1, -0.05) is 36.4 Å². The number of hydrogen-bond acceptors (Lipinski definition) is 4. The summed E-state index contributed by atoms with van der Waals surface area (Å²) < 4.78 is 5.72. The Labute approximate surface area is 165 Å². The zero-order valence-corrected chi connectivity index (χ0v) is 16.1. The molecule has 1 unspecified atom stereocenters. The van der Waals surface area contributed by atoms with Gasteiger partial charge in [0.15, 0.2) is 0 Å². The molecule has 1 atom stereocenters. The Hall–Kier alpha value is -2.73. The molecule has 6 nitrogen and oxygen atoms in total. The van der Waals surface area contributed by atoms with Crippen LogP contribution in [-0.2, 0) is 16.1 Å². The van der Waals surface area contributed by atoms with Crippen molar-refractivity contribution in [2.24, 2.45) is 0 Å². The number of carbonyl (C=O) groups excluding carboxylic acids is 2. The normalized spacial score (nSPS) is 22.5. The van der Waals surface area contributed by atoms with Crippen LogP contribution in [0.15, 0.2) is 48.5 Å². The molecule has 1 aromatic carbocycles. The van der Waals surface area contributed by atoms with Gasteiger partial charge in [0.1, 0.15) is 5.69 Å². The van der Waals surface area contributed by atoms with Crippen LogP contribution in [0.1, 0.15) is 34.6 Å². The topological polar surface area (TPSA) is 62.7 Å². The van der Waals surface area contributed by atoms with Gasteiger partial charge in [0.05, 0.1) is 12.1 Å². The third-order valence-electron chi connectivity index (χ3n) is 5.62. The summed E-state index contributed by atoms with van der Waals surface area (Å²) in [5.41, 5.74) is 1.84. The number of rotatable bonds is 3. The van der Waals surface area contributed by atoms with E-state index in [4.69, 9.17) is 4.74 Å². The van der Waals surface area contributed by atoms with Crippen molar-refractivity contribution >= 4 is 11.8 Å². The van der Waals surface area contributed by atoms with Gasteiger partial charge in [-0.15, -0.1) is 0 Å². The molecule has 2 aliphatic heterocycles. The predicted octanol–water partition coefficient (Wildman–Crippen LogP) is 2.42. The third kappa shape index (κ3) is 3.64. The van der Waals surface area contributed by atoms with Crippen LogP contribution in [0.2, 0.25) is 0 Å². The Morgan fingerprint density at radius 2 is 2.00 bits per heavy atom. The van der Waals surface area contributed by atoms with E-state index in [0.29, 0.717) is 45.0 Å². The predicted molar refractivity (Wildman–Crippen MR) is 105 cm³/mol. The van der Waals surface area contributed by atoms with Crippen molar-refractivity contribution in [3.8, 4) is 0 Å². The number of nitrogens with zero attached hydrogens (tertiary/aromatic N) is 3. The highest BCUT2D eigenvalue weighted by atomic mass is 16.5. The van der Waals surface area contributed by atoms with Crippen LogP contribution in [0.25, 0.3) is 0 Å². The van der Waals surface area contributed by atoms with E-state index in [-0.39, 0.29) is 11.8 Å². The van der Waals surface area contributed by atoms with Crippen molar-refractivity contribution in [3.05, 3.63) is 65.5 Å². The number of carbonyl (C=O) groups is 2. The zero-order chi connectivity index (χ0) is 19.6. The SMILES string of the molecule is Cc1cccc(C(=O)N2CCC(=O)N(Cc3ccccc3)C3(CCOC3)C2)n1. The maximum Gasteiger partial charge on any atom is 0.272 e. The molecule has 1 spiro atoms. The lowest BCUT2D eigenvalue weighted by Crippen LogP contribution is -2.56. The van der Waals surface area contributed by atoms with Gasteiger partial charge in [-0.3, -0.25) is 9.59 Å². The summed E-state index contributed by atoms with van der Waals surface area (Å²) >= 11 is 0. The average molecular weight is 379 g/mol. The fraction of sp³-hybridized carbons (Fsp3) is 0.409. The highest BCUT2D eigenvalue weighted by molar-refractivity contribution is 5.93. The third-order valence-corrected chi connectivity index (χ3v) is 5.62. The summed E-state index contributed by atoms with van der Waals surface area (Å²) in [6.07, 6.45) is 1.04. The lowest BCUT2D eigenvalue weighted by atomic mass is 9.94. The van der Waals surface area contributed by atoms with Crippen LogP contribution in [0.4, 0.5) is 0 Å². The Kier molecular flexibility index (Phi) is 5.13. The van der Waals surface area contributed by atoms with Crippen molar-refractivity contribution in [2.45, 2.75) is 31.8 Å². The fourth-order valence-electron chi connectivity index (χ4n) is 4.10. The van der Waals surface area contributed by atoms with Gasteiger partial charge in [0.2, 0.25) is 5.91 Å². The minimum atomic E-state index is -0.483. The Morgan fingerprint density at radius 3 is 2.71 bits per heavy atom. The largest absolute Gasteiger partial charge is 0.379 e. The number of hydrogen-bond donors (Lipinski definition) is 0. The standard InChI is InChI=1S/C22H25N3O3/c1-17-6-5-9-19(23-17)21(27)24-12-10-20(26)25(14-18-7-3-2-4-8-18)22(15-24)11-13-28-16-22/h2-9H,10-16H2,1H3. The molecule has 28 heavy (non-hydrogen) atoms. The lowest BCUT2D eigenvalue weighted by molar-refractivity contribution is -0.137. The molecule has 6 heteroatoms. The van der Waals surface area contributed by atoms with Gasteiger partial charge in [0, 0.05) is 38.4 Å². The first-order chi connectivity index (χ1) is 13.6. The van der Waals surface area contributed by atoms with Crippen molar-refractivity contribution in [2.75, 3.05) is 26.3 Å². The fourth-order valence-corrected chi connectivity index (χ4v) is 4.10. The number of aryl methyl sites for hydroxylation is 1. The molecule has 0 bridgehead atoms. The van der Waals surface area contributed by atoms with Gasteiger partial charge in [-0.25, -0.2) is 4.98 Å². The lowest BCUT2D eigenvalue weighted by Gasteiger charge is -2.40. The molecule has 0 saturated carbocycles. The van der Waals surface area contributed by atoms with Crippen LogP contribution >= 0.6 is 0 Å². The summed E-state index contributed by atoms with van der Waals surface area (Å²) in [5, 5.41) is 0. The monoisotopic (exact) mass is 379 g/mol. The smallest absolute Gasteiger partial charge is 0.272 e. The van der Waals surface area contributed by atoms with E-state index in [0.717, 1.165) is 17.7 Å². The summed E-state index contributed by atoms with van der Waals surface area (Å²) in [7, 11) is 0. The summed E-state index contributed by atoms with van der Waals surface area (Å²) in [5.74, 6) is -0.0498. The Balaban J connectivity index is 1.62. The van der Waals surface area contributed by atoms with Crippen molar-refractivity contribution < 1.29 is 14.3 Å². The van der Waals surface area contributed by atoms with E-state index in [2.05, 4.69) is 4.98 Å². The molecule has 0 radical (unpaired) electrons. The van der Waals surface area contributed by atoms with E-state index in [1.165, 1.54) is 0 Å². The molecule has 0 aliphatic carbocycles. The molecule has 0 N–H and O–H groups in total. The van der Waals surface area contributed by atoms with Crippen LogP contribution < -0.4 is 0 Å². The zero-order valence-electron chi connectivity index (χ0n) is 16.1. The van der Waals surface area contributed by atoms with Crippen molar-refractivity contribution in [1.29, 1.82) is 0 Å². The molecule has 4 rings (SSSR count). The first-order valence-electron chi connectivity index (χ1n) is 9.72. The minimum Gasteiger partial charge on any atom is -0.379 e. The van der Waals surface area contributed by atoms with E-state index < -0.39 is 5.54 Å². The molecule has 3 heterocycles. The van der Waals surface area contributed by atoms with Gasteiger partial charge < -0.3 is 14.5 Å². The molecule has 2 fully saturated rings. The highest BCUT2D eigenvalue weighted by Gasteiger charge is 2.47. The Morgan fingerprint density at radius 1 is 1.18 bits per heavy atom. The molecular weight excluding hydrogens is 354 g/mol. The van der Waals surface area contributed by atoms with E-state index in [1.54, 1.807) is 11.0 Å². The first kappa shape index (κ1) is 18.6. The van der Waals surface area contributed by atoms with Crippen molar-refractivity contribution in [1.82, 2.24) is 14.8 Å². The van der Waals surface area contributed by atoms with Crippen LogP contribution in [0.5, 0.6) is 0 Å². The molecular formula is C22H25N3O3. The maximum atomic E-state index is 13.1. The summed E-state index contributed by atoms with van der Waals surface area (Å²) in [6.45, 7) is 4.34. The molecule has 1 aromatic heterocycles. The number of benzene rings is 1. The van der Waals surface area contributed by atoms with Gasteiger partial charge in [0.25, 0.3) is 5.91 Å². The van der Waals surface area contributed by atoms with Gasteiger partial charge in [-0.2, -0.15) is 0 Å². The second-order valence-corrected chi connectivity index (χ2v) is 7.63. The summed E-state index contributed by atoms with van der Waals surface area (Å²) in [4.78, 5) is 34.3. The second kappa shape index (κ2) is 7.72. The van der Waals surface area contributed by atoms with Gasteiger partial charge in [-0.05, 0) is 31.0 Å². The number of amides is 2. The average Bonchev–Trinajstić information content (AvgIpc) is 3.13. The minimum absolute atomic E-state index is 0.0712. The number of ether oxygens (including phenoxy) is 1. The van der Waals surface area contributed by atoms with Crippen LogP contribution in [0, 0.1) is 6.92 Å². The molecule has 146 valence electrons. The van der Waals surface area contributed by atoms with Gasteiger partial charge >= 0.3 is 0 Å². The summed E-state index contributed by atoms with van der Waals surface area (Å²) in [6, 6.07) is 15.4. The molecule has 2 saturated heterocycles. The van der Waals surface area contributed by atoms with E-state index in [9.17, 15) is 9.59 Å². The quantitative estimate of drug-likeness (QED) is 0.822. The van der Waals surface area contributed by atoms with Crippen molar-refractivity contribution in [3.63, 3.8) is 0 Å². The molecule has 2 aromatic rings. The van der Waals surface area contributed by atoms with E-state index in [1.807, 2.05) is 54.3 Å². The molecule has 2 amide bonds. The molecule has 2 aliphatic rings. The second-order valence-electron chi connectivity index (χ2n) is 7.63. The highest BCUT2D eigenvalue weighted by Crippen LogP contribution is 2.32. The number of aromatic nitrogens is 1.